The van der Waals surface area contributed by atoms with Crippen LogP contribution in [0, 0.1) is 0 Å². The van der Waals surface area contributed by atoms with Gasteiger partial charge in [-0.3, -0.25) is 9.28 Å². The molecule has 1 aromatic heterocycles. The van der Waals surface area contributed by atoms with E-state index in [-0.39, 0.29) is 5.97 Å². The quantitative estimate of drug-likeness (QED) is 0.182. The highest BCUT2D eigenvalue weighted by Gasteiger charge is 2.12. The molecule has 1 heterocycles. The standard InChI is InChI=1S/C28H39N2O3/c1-30(2,3)25-13-11-23(12-14-25)21-28(31)33-20-10-8-6-5-7-9-18-29-19-17-24-22-26(32-4)15-16-27(24)29/h11-17,19,22H,5-10,18,20-21H2,1-4H3/q+1. The molecule has 0 radical (unpaired) electrons. The molecule has 0 bridgehead atoms. The number of esters is 1. The Morgan fingerprint density at radius 2 is 1.58 bits per heavy atom. The molecule has 0 aliphatic carbocycles. The predicted octanol–water partition coefficient (Wildman–Crippen LogP) is 5.97. The predicted molar refractivity (Wildman–Crippen MR) is 137 cm³/mol. The third kappa shape index (κ3) is 7.64. The summed E-state index contributed by atoms with van der Waals surface area (Å²) in [5.41, 5.74) is 3.49. The van der Waals surface area contributed by atoms with Gasteiger partial charge in [0.25, 0.3) is 0 Å². The maximum atomic E-state index is 12.1. The minimum atomic E-state index is -0.135. The molecule has 0 amide bonds. The normalized spacial score (nSPS) is 11.6. The summed E-state index contributed by atoms with van der Waals surface area (Å²) in [6, 6.07) is 16.6. The minimum Gasteiger partial charge on any atom is -0.497 e. The van der Waals surface area contributed by atoms with Crippen LogP contribution in [0.3, 0.4) is 0 Å². The van der Waals surface area contributed by atoms with E-state index in [1.165, 1.54) is 42.3 Å². The Kier molecular flexibility index (Phi) is 8.95. The van der Waals surface area contributed by atoms with Crippen molar-refractivity contribution in [1.82, 2.24) is 9.05 Å². The van der Waals surface area contributed by atoms with E-state index in [0.29, 0.717) is 13.0 Å². The van der Waals surface area contributed by atoms with Crippen LogP contribution in [0.2, 0.25) is 0 Å². The van der Waals surface area contributed by atoms with Gasteiger partial charge in [0.15, 0.2) is 0 Å². The highest BCUT2D eigenvalue weighted by atomic mass is 16.5. The zero-order valence-corrected chi connectivity index (χ0v) is 20.7. The van der Waals surface area contributed by atoms with Crippen LogP contribution < -0.4 is 9.22 Å². The molecule has 5 nitrogen and oxygen atoms in total. The van der Waals surface area contributed by atoms with E-state index >= 15 is 0 Å². The van der Waals surface area contributed by atoms with Crippen LogP contribution in [0.1, 0.15) is 44.1 Å². The molecule has 3 aromatic rings. The highest BCUT2D eigenvalue weighted by molar-refractivity contribution is 5.81. The van der Waals surface area contributed by atoms with Crippen molar-refractivity contribution < 1.29 is 14.3 Å². The maximum Gasteiger partial charge on any atom is 0.310 e. The van der Waals surface area contributed by atoms with E-state index in [4.69, 9.17) is 9.47 Å². The van der Waals surface area contributed by atoms with Gasteiger partial charge in [-0.15, -0.1) is 0 Å². The number of ether oxygens (including phenoxy) is 2. The lowest BCUT2D eigenvalue weighted by molar-refractivity contribution is -0.142. The molecule has 0 unspecified atom stereocenters. The van der Waals surface area contributed by atoms with Gasteiger partial charge in [0.1, 0.15) is 11.4 Å². The number of quaternary nitrogens is 1. The molecular weight excluding hydrogens is 412 g/mol. The van der Waals surface area contributed by atoms with Crippen LogP contribution in [0.4, 0.5) is 5.69 Å². The van der Waals surface area contributed by atoms with Crippen LogP contribution in [0.15, 0.2) is 54.7 Å². The topological polar surface area (TPSA) is 40.5 Å². The molecule has 178 valence electrons. The largest absolute Gasteiger partial charge is 0.497 e. The second-order valence-corrected chi connectivity index (χ2v) is 9.63. The van der Waals surface area contributed by atoms with Crippen LogP contribution in [-0.2, 0) is 22.5 Å². The maximum absolute atomic E-state index is 12.1. The van der Waals surface area contributed by atoms with Crippen molar-refractivity contribution in [2.45, 2.75) is 51.5 Å². The van der Waals surface area contributed by atoms with Gasteiger partial charge in [-0.2, -0.15) is 0 Å². The summed E-state index contributed by atoms with van der Waals surface area (Å²) in [6.07, 6.45) is 9.37. The number of carbonyl (C=O) groups is 1. The second-order valence-electron chi connectivity index (χ2n) is 9.63. The van der Waals surface area contributed by atoms with Gasteiger partial charge in [-0.1, -0.05) is 37.8 Å². The van der Waals surface area contributed by atoms with Crippen molar-refractivity contribution in [3.05, 3.63) is 60.3 Å². The smallest absolute Gasteiger partial charge is 0.310 e. The average molecular weight is 452 g/mol. The van der Waals surface area contributed by atoms with Gasteiger partial charge in [0.2, 0.25) is 0 Å². The lowest BCUT2D eigenvalue weighted by Gasteiger charge is -2.23. The first-order valence-corrected chi connectivity index (χ1v) is 12.1. The van der Waals surface area contributed by atoms with Crippen LogP contribution in [0.25, 0.3) is 10.9 Å². The second kappa shape index (κ2) is 11.9. The summed E-state index contributed by atoms with van der Waals surface area (Å²) < 4.78 is 13.8. The monoisotopic (exact) mass is 451 g/mol. The number of carbonyl (C=O) groups excluding carboxylic acids is 1. The summed E-state index contributed by atoms with van der Waals surface area (Å²) in [4.78, 5) is 12.1. The number of rotatable bonds is 13. The number of nitrogens with zero attached hydrogens (tertiary/aromatic N) is 2. The fraction of sp³-hybridized carbons (Fsp3) is 0.464. The Balaban J connectivity index is 1.23. The molecule has 0 N–H and O–H groups in total. The van der Waals surface area contributed by atoms with Crippen molar-refractivity contribution in [3.8, 4) is 5.75 Å². The first-order valence-electron chi connectivity index (χ1n) is 12.1. The molecule has 0 aliphatic rings. The summed E-state index contributed by atoms with van der Waals surface area (Å²) >= 11 is 0. The van der Waals surface area contributed by atoms with Crippen molar-refractivity contribution in [3.63, 3.8) is 0 Å². The minimum absolute atomic E-state index is 0.135. The number of aromatic nitrogens is 1. The molecule has 3 rings (SSSR count). The van der Waals surface area contributed by atoms with E-state index in [1.54, 1.807) is 7.11 Å². The highest BCUT2D eigenvalue weighted by Crippen LogP contribution is 2.22. The number of methoxy groups -OCH3 is 1. The van der Waals surface area contributed by atoms with Gasteiger partial charge < -0.3 is 14.0 Å². The number of hydrogen-bond acceptors (Lipinski definition) is 3. The zero-order chi connectivity index (χ0) is 23.7. The number of benzene rings is 2. The Bertz CT molecular complexity index is 1020. The van der Waals surface area contributed by atoms with Gasteiger partial charge in [-0.25, -0.2) is 0 Å². The number of unbranched alkanes of at least 4 members (excludes halogenated alkanes) is 5. The fourth-order valence-corrected chi connectivity index (χ4v) is 4.06. The van der Waals surface area contributed by atoms with E-state index < -0.39 is 0 Å². The molecule has 0 fully saturated rings. The lowest BCUT2D eigenvalue weighted by atomic mass is 10.1. The van der Waals surface area contributed by atoms with Crippen molar-refractivity contribution in [2.24, 2.45) is 0 Å². The first-order chi connectivity index (χ1) is 15.9. The molecule has 0 saturated carbocycles. The molecule has 33 heavy (non-hydrogen) atoms. The SMILES string of the molecule is COc1ccc2c(ccn2CCCCCCCCOC(=O)Cc2ccc([N+](C)(C)C)cc2)c1. The summed E-state index contributed by atoms with van der Waals surface area (Å²) in [5, 5.41) is 1.23. The zero-order valence-electron chi connectivity index (χ0n) is 20.7. The number of fused-ring (bicyclic) bond motifs is 1. The molecular formula is C28H39N2O3+. The van der Waals surface area contributed by atoms with E-state index in [0.717, 1.165) is 35.2 Å². The van der Waals surface area contributed by atoms with Gasteiger partial charge in [-0.05, 0) is 54.8 Å². The molecule has 0 atom stereocenters. The van der Waals surface area contributed by atoms with E-state index in [1.807, 2.05) is 18.2 Å². The Morgan fingerprint density at radius 3 is 2.27 bits per heavy atom. The third-order valence-corrected chi connectivity index (χ3v) is 6.09. The average Bonchev–Trinajstić information content (AvgIpc) is 3.19. The van der Waals surface area contributed by atoms with Crippen LogP contribution in [0.5, 0.6) is 5.75 Å². The first kappa shape index (κ1) is 24.8. The van der Waals surface area contributed by atoms with E-state index in [2.05, 4.69) is 62.2 Å². The molecule has 0 aliphatic heterocycles. The number of hydrogen-bond donors (Lipinski definition) is 0. The molecule has 0 spiro atoms. The Hall–Kier alpha value is -2.79. The molecule has 5 heteroatoms. The van der Waals surface area contributed by atoms with Crippen molar-refractivity contribution >= 4 is 22.6 Å². The van der Waals surface area contributed by atoms with Gasteiger partial charge in [0.05, 0.1) is 41.3 Å². The van der Waals surface area contributed by atoms with Gasteiger partial charge in [0, 0.05) is 23.6 Å². The number of aryl methyl sites for hydroxylation is 1. The molecule has 2 aromatic carbocycles. The van der Waals surface area contributed by atoms with E-state index in [9.17, 15) is 4.79 Å². The van der Waals surface area contributed by atoms with Gasteiger partial charge >= 0.3 is 5.97 Å². The summed E-state index contributed by atoms with van der Waals surface area (Å²) in [7, 11) is 8.09. The van der Waals surface area contributed by atoms with Crippen molar-refractivity contribution in [1.29, 1.82) is 0 Å². The summed E-state index contributed by atoms with van der Waals surface area (Å²) in [6.45, 7) is 1.57. The molecule has 0 saturated heterocycles. The third-order valence-electron chi connectivity index (χ3n) is 6.09. The summed E-state index contributed by atoms with van der Waals surface area (Å²) in [5.74, 6) is 0.768. The Labute approximate surface area is 198 Å². The van der Waals surface area contributed by atoms with Crippen LogP contribution >= 0.6 is 0 Å². The Morgan fingerprint density at radius 1 is 0.879 bits per heavy atom. The lowest BCUT2D eigenvalue weighted by Crippen LogP contribution is -2.34. The fourth-order valence-electron chi connectivity index (χ4n) is 4.06. The van der Waals surface area contributed by atoms with Crippen LogP contribution in [-0.4, -0.2) is 45.4 Å². The van der Waals surface area contributed by atoms with Crippen molar-refractivity contribution in [2.75, 3.05) is 34.9 Å².